The molecule has 0 aromatic heterocycles. The summed E-state index contributed by atoms with van der Waals surface area (Å²) in [5.74, 6) is -1.90. The molecule has 2 aromatic carbocycles. The standard InChI is InChI=1S/C15H11N3O7/c19-14(20)8-16-12-4-2-1-3-10(12)15(21)11-6-5-9(17(22)23)7-13(11)18(24)25/h1-7,16H,8H2,(H,19,20). The van der Waals surface area contributed by atoms with Gasteiger partial charge in [-0.25, -0.2) is 0 Å². The number of carboxylic acids is 1. The van der Waals surface area contributed by atoms with Crippen LogP contribution in [-0.4, -0.2) is 33.3 Å². The zero-order valence-corrected chi connectivity index (χ0v) is 12.5. The number of anilines is 1. The Bertz CT molecular complexity index is 879. The molecule has 10 heteroatoms. The van der Waals surface area contributed by atoms with Crippen molar-refractivity contribution < 1.29 is 24.5 Å². The van der Waals surface area contributed by atoms with E-state index in [0.717, 1.165) is 12.1 Å². The second kappa shape index (κ2) is 7.17. The monoisotopic (exact) mass is 345 g/mol. The normalized spacial score (nSPS) is 10.1. The molecule has 0 amide bonds. The minimum atomic E-state index is -1.15. The highest BCUT2D eigenvalue weighted by Gasteiger charge is 2.26. The van der Waals surface area contributed by atoms with Gasteiger partial charge in [0.25, 0.3) is 11.4 Å². The molecule has 0 atom stereocenters. The lowest BCUT2D eigenvalue weighted by molar-refractivity contribution is -0.394. The molecule has 0 aliphatic heterocycles. The molecule has 25 heavy (non-hydrogen) atoms. The van der Waals surface area contributed by atoms with Gasteiger partial charge in [0.1, 0.15) is 12.1 Å². The Balaban J connectivity index is 2.49. The largest absolute Gasteiger partial charge is 0.480 e. The minimum absolute atomic E-state index is 0.0145. The number of aliphatic carboxylic acids is 1. The van der Waals surface area contributed by atoms with Gasteiger partial charge in [-0.3, -0.25) is 29.8 Å². The Morgan fingerprint density at radius 2 is 1.68 bits per heavy atom. The number of benzene rings is 2. The summed E-state index contributed by atoms with van der Waals surface area (Å²) in [6, 6.07) is 8.60. The second-order valence-corrected chi connectivity index (χ2v) is 4.84. The molecule has 128 valence electrons. The molecule has 0 aliphatic rings. The van der Waals surface area contributed by atoms with E-state index < -0.39 is 39.5 Å². The van der Waals surface area contributed by atoms with Crippen molar-refractivity contribution in [1.29, 1.82) is 0 Å². The Morgan fingerprint density at radius 1 is 1.00 bits per heavy atom. The van der Waals surface area contributed by atoms with E-state index in [2.05, 4.69) is 5.32 Å². The first-order chi connectivity index (χ1) is 11.8. The lowest BCUT2D eigenvalue weighted by Crippen LogP contribution is -2.15. The molecular formula is C15H11N3O7. The maximum atomic E-state index is 12.7. The van der Waals surface area contributed by atoms with E-state index in [-0.39, 0.29) is 16.8 Å². The summed E-state index contributed by atoms with van der Waals surface area (Å²) >= 11 is 0. The molecule has 2 rings (SSSR count). The van der Waals surface area contributed by atoms with E-state index in [4.69, 9.17) is 5.11 Å². The van der Waals surface area contributed by atoms with Crippen LogP contribution < -0.4 is 5.32 Å². The maximum Gasteiger partial charge on any atom is 0.322 e. The van der Waals surface area contributed by atoms with Crippen LogP contribution in [0.5, 0.6) is 0 Å². The fraction of sp³-hybridized carbons (Fsp3) is 0.0667. The van der Waals surface area contributed by atoms with E-state index >= 15 is 0 Å². The van der Waals surface area contributed by atoms with Crippen LogP contribution in [0.4, 0.5) is 17.1 Å². The molecule has 0 heterocycles. The summed E-state index contributed by atoms with van der Waals surface area (Å²) in [6.45, 7) is -0.452. The third-order valence-electron chi connectivity index (χ3n) is 3.24. The van der Waals surface area contributed by atoms with Crippen LogP contribution in [0.3, 0.4) is 0 Å². The fourth-order valence-electron chi connectivity index (χ4n) is 2.13. The van der Waals surface area contributed by atoms with Crippen molar-refractivity contribution >= 4 is 28.8 Å². The average molecular weight is 345 g/mol. The van der Waals surface area contributed by atoms with Gasteiger partial charge >= 0.3 is 5.97 Å². The summed E-state index contributed by atoms with van der Waals surface area (Å²) < 4.78 is 0. The number of carboxylic acid groups (broad SMARTS) is 1. The Hall–Kier alpha value is -3.82. The second-order valence-electron chi connectivity index (χ2n) is 4.84. The highest BCUT2D eigenvalue weighted by atomic mass is 16.6. The number of nitro benzene ring substituents is 2. The first-order valence-corrected chi connectivity index (χ1v) is 6.83. The summed E-state index contributed by atoms with van der Waals surface area (Å²) in [6.07, 6.45) is 0. The number of rotatable bonds is 7. The number of carbonyl (C=O) groups is 2. The number of para-hydroxylation sites is 1. The highest BCUT2D eigenvalue weighted by molar-refractivity contribution is 6.14. The number of non-ortho nitro benzene ring substituents is 1. The van der Waals surface area contributed by atoms with Gasteiger partial charge in [0.2, 0.25) is 5.78 Å². The Kier molecular flexibility index (Phi) is 5.03. The zero-order chi connectivity index (χ0) is 18.6. The van der Waals surface area contributed by atoms with Crippen LogP contribution in [-0.2, 0) is 4.79 Å². The number of hydrogen-bond donors (Lipinski definition) is 2. The van der Waals surface area contributed by atoms with Gasteiger partial charge in [-0.15, -0.1) is 0 Å². The summed E-state index contributed by atoms with van der Waals surface area (Å²) in [5.41, 5.74) is -1.35. The predicted molar refractivity (Wildman–Crippen MR) is 85.8 cm³/mol. The average Bonchev–Trinajstić information content (AvgIpc) is 2.58. The van der Waals surface area contributed by atoms with Crippen molar-refractivity contribution in [2.45, 2.75) is 0 Å². The van der Waals surface area contributed by atoms with Gasteiger partial charge < -0.3 is 10.4 Å². The SMILES string of the molecule is O=C(O)CNc1ccccc1C(=O)c1ccc([N+](=O)[O-])cc1[N+](=O)[O-]. The van der Waals surface area contributed by atoms with Gasteiger partial charge in [0, 0.05) is 17.3 Å². The van der Waals surface area contributed by atoms with Crippen molar-refractivity contribution in [2.24, 2.45) is 0 Å². The lowest BCUT2D eigenvalue weighted by atomic mass is 9.99. The molecule has 0 spiro atoms. The van der Waals surface area contributed by atoms with Crippen LogP contribution >= 0.6 is 0 Å². The quantitative estimate of drug-likeness (QED) is 0.440. The van der Waals surface area contributed by atoms with Crippen molar-refractivity contribution in [1.82, 2.24) is 0 Å². The highest BCUT2D eigenvalue weighted by Crippen LogP contribution is 2.28. The number of nitrogens with one attached hydrogen (secondary N) is 1. The summed E-state index contributed by atoms with van der Waals surface area (Å²) in [4.78, 5) is 43.6. The molecule has 10 nitrogen and oxygen atoms in total. The third kappa shape index (κ3) is 3.93. The van der Waals surface area contributed by atoms with Crippen molar-refractivity contribution in [2.75, 3.05) is 11.9 Å². The topological polar surface area (TPSA) is 153 Å². The molecule has 0 radical (unpaired) electrons. The molecule has 0 saturated heterocycles. The smallest absolute Gasteiger partial charge is 0.322 e. The molecular weight excluding hydrogens is 334 g/mol. The first-order valence-electron chi connectivity index (χ1n) is 6.83. The molecule has 2 aromatic rings. The number of nitro groups is 2. The maximum absolute atomic E-state index is 12.7. The van der Waals surface area contributed by atoms with Gasteiger partial charge in [-0.2, -0.15) is 0 Å². The molecule has 0 unspecified atom stereocenters. The van der Waals surface area contributed by atoms with E-state index in [0.29, 0.717) is 6.07 Å². The predicted octanol–water partition coefficient (Wildman–Crippen LogP) is 2.23. The zero-order valence-electron chi connectivity index (χ0n) is 12.5. The summed E-state index contributed by atoms with van der Waals surface area (Å²) in [5, 5.41) is 33.2. The Morgan fingerprint density at radius 3 is 2.28 bits per heavy atom. The molecule has 0 aliphatic carbocycles. The van der Waals surface area contributed by atoms with Crippen LogP contribution in [0.25, 0.3) is 0 Å². The number of nitrogens with zero attached hydrogens (tertiary/aromatic N) is 2. The number of hydrogen-bond acceptors (Lipinski definition) is 7. The van der Waals surface area contributed by atoms with Gasteiger partial charge in [0.15, 0.2) is 0 Å². The van der Waals surface area contributed by atoms with Crippen molar-refractivity contribution in [3.8, 4) is 0 Å². The van der Waals surface area contributed by atoms with E-state index in [1.54, 1.807) is 6.07 Å². The fourth-order valence-corrected chi connectivity index (χ4v) is 2.13. The molecule has 0 bridgehead atoms. The van der Waals surface area contributed by atoms with E-state index in [1.165, 1.54) is 18.2 Å². The van der Waals surface area contributed by atoms with E-state index in [1.807, 2.05) is 0 Å². The van der Waals surface area contributed by atoms with Crippen LogP contribution in [0.1, 0.15) is 15.9 Å². The summed E-state index contributed by atoms with van der Waals surface area (Å²) in [7, 11) is 0. The van der Waals surface area contributed by atoms with E-state index in [9.17, 15) is 29.8 Å². The minimum Gasteiger partial charge on any atom is -0.480 e. The third-order valence-corrected chi connectivity index (χ3v) is 3.24. The molecule has 0 fully saturated rings. The van der Waals surface area contributed by atoms with Gasteiger partial charge in [0.05, 0.1) is 15.9 Å². The van der Waals surface area contributed by atoms with Crippen LogP contribution in [0, 0.1) is 20.2 Å². The molecule has 0 saturated carbocycles. The number of ketones is 1. The van der Waals surface area contributed by atoms with Crippen molar-refractivity contribution in [3.05, 3.63) is 73.8 Å². The number of carbonyl (C=O) groups excluding carboxylic acids is 1. The Labute approximate surface area is 140 Å². The van der Waals surface area contributed by atoms with Gasteiger partial charge in [-0.05, 0) is 18.2 Å². The first kappa shape index (κ1) is 17.5. The molecule has 2 N–H and O–H groups in total. The van der Waals surface area contributed by atoms with Gasteiger partial charge in [-0.1, -0.05) is 12.1 Å². The van der Waals surface area contributed by atoms with Crippen LogP contribution in [0.2, 0.25) is 0 Å². The van der Waals surface area contributed by atoms with Crippen molar-refractivity contribution in [3.63, 3.8) is 0 Å². The van der Waals surface area contributed by atoms with Crippen LogP contribution in [0.15, 0.2) is 42.5 Å². The lowest BCUT2D eigenvalue weighted by Gasteiger charge is -2.10.